The van der Waals surface area contributed by atoms with E-state index in [4.69, 9.17) is 8.83 Å². The van der Waals surface area contributed by atoms with Gasteiger partial charge in [-0.25, -0.2) is 0 Å². The van der Waals surface area contributed by atoms with Crippen LogP contribution in [0.1, 0.15) is 22.3 Å². The summed E-state index contributed by atoms with van der Waals surface area (Å²) in [5.41, 5.74) is 15.1. The second kappa shape index (κ2) is 14.4. The molecule has 0 radical (unpaired) electrons. The number of fused-ring (bicyclic) bond motifs is 8. The second-order valence-corrected chi connectivity index (χ2v) is 18.7. The van der Waals surface area contributed by atoms with Crippen LogP contribution in [0, 0.1) is 27.7 Å². The summed E-state index contributed by atoms with van der Waals surface area (Å²) in [6.45, 7) is 8.86. The summed E-state index contributed by atoms with van der Waals surface area (Å²) in [5, 5.41) is 16.5. The fourth-order valence-electron chi connectivity index (χ4n) is 11.3. The van der Waals surface area contributed by atoms with Gasteiger partial charge in [-0.2, -0.15) is 0 Å². The van der Waals surface area contributed by atoms with Gasteiger partial charge in [-0.15, -0.1) is 0 Å². The Morgan fingerprint density at radius 1 is 0.294 bits per heavy atom. The van der Waals surface area contributed by atoms with E-state index in [1.165, 1.54) is 87.5 Å². The Balaban J connectivity index is 1.06. The second-order valence-electron chi connectivity index (χ2n) is 18.7. The normalized spacial score (nSPS) is 12.1. The zero-order valence-electron chi connectivity index (χ0n) is 38.2. The highest BCUT2D eigenvalue weighted by Gasteiger charge is 2.26. The average Bonchev–Trinajstić information content (AvgIpc) is 3.93. The van der Waals surface area contributed by atoms with Gasteiger partial charge in [0.05, 0.1) is 22.7 Å². The molecule has 14 rings (SSSR count). The predicted octanol–water partition coefficient (Wildman–Crippen LogP) is 18.9. The van der Waals surface area contributed by atoms with Crippen LogP contribution in [0.3, 0.4) is 0 Å². The monoisotopic (exact) mass is 872 g/mol. The number of anilines is 6. The Hall–Kier alpha value is -8.60. The van der Waals surface area contributed by atoms with Crippen molar-refractivity contribution in [3.63, 3.8) is 0 Å². The van der Waals surface area contributed by atoms with Crippen molar-refractivity contribution in [2.75, 3.05) is 9.80 Å². The van der Waals surface area contributed by atoms with Crippen molar-refractivity contribution in [3.8, 4) is 0 Å². The van der Waals surface area contributed by atoms with Gasteiger partial charge >= 0.3 is 0 Å². The average molecular weight is 873 g/mol. The molecule has 0 amide bonds. The van der Waals surface area contributed by atoms with Gasteiger partial charge in [0.25, 0.3) is 0 Å². The molecule has 0 N–H and O–H groups in total. The maximum absolute atomic E-state index is 6.40. The number of hydrogen-bond acceptors (Lipinski definition) is 4. The molecule has 0 bridgehead atoms. The van der Waals surface area contributed by atoms with Crippen molar-refractivity contribution in [2.45, 2.75) is 27.7 Å². The number of nitrogens with zero attached hydrogens (tertiary/aromatic N) is 2. The molecule has 0 saturated heterocycles. The van der Waals surface area contributed by atoms with Crippen molar-refractivity contribution in [1.82, 2.24) is 0 Å². The summed E-state index contributed by atoms with van der Waals surface area (Å²) in [7, 11) is 0. The molecule has 0 aliphatic carbocycles. The van der Waals surface area contributed by atoms with Gasteiger partial charge in [-0.3, -0.25) is 0 Å². The van der Waals surface area contributed by atoms with Crippen LogP contribution >= 0.6 is 0 Å². The highest BCUT2D eigenvalue weighted by Crippen LogP contribution is 2.51. The van der Waals surface area contributed by atoms with Crippen LogP contribution in [-0.2, 0) is 0 Å². The lowest BCUT2D eigenvalue weighted by Crippen LogP contribution is -2.13. The Morgan fingerprint density at radius 2 is 0.691 bits per heavy atom. The Morgan fingerprint density at radius 3 is 1.16 bits per heavy atom. The first kappa shape index (κ1) is 38.6. The molecule has 2 aromatic heterocycles. The maximum Gasteiger partial charge on any atom is 0.135 e. The van der Waals surface area contributed by atoms with Crippen LogP contribution in [0.4, 0.5) is 34.1 Å². The quantitative estimate of drug-likeness (QED) is 0.156. The summed E-state index contributed by atoms with van der Waals surface area (Å²) in [6.07, 6.45) is 0. The molecule has 0 aliphatic heterocycles. The molecule has 4 heteroatoms. The van der Waals surface area contributed by atoms with Crippen LogP contribution in [0.25, 0.3) is 97.7 Å². The van der Waals surface area contributed by atoms with E-state index in [-0.39, 0.29) is 0 Å². The third-order valence-corrected chi connectivity index (χ3v) is 14.5. The fraction of sp³-hybridized carbons (Fsp3) is 0.0625. The summed E-state index contributed by atoms with van der Waals surface area (Å²) >= 11 is 0. The Bertz CT molecular complexity index is 4110. The van der Waals surface area contributed by atoms with Crippen molar-refractivity contribution >= 4 is 132 Å². The molecular weight excluding hydrogens is 829 g/mol. The van der Waals surface area contributed by atoms with E-state index in [2.05, 4.69) is 219 Å². The molecule has 0 saturated carbocycles. The zero-order chi connectivity index (χ0) is 45.4. The largest absolute Gasteiger partial charge is 0.456 e. The van der Waals surface area contributed by atoms with Crippen LogP contribution < -0.4 is 9.80 Å². The van der Waals surface area contributed by atoms with Crippen LogP contribution in [0.15, 0.2) is 203 Å². The van der Waals surface area contributed by atoms with Crippen LogP contribution in [0.2, 0.25) is 0 Å². The van der Waals surface area contributed by atoms with Crippen molar-refractivity contribution in [1.29, 1.82) is 0 Å². The molecular formula is C64H44N2O2. The molecule has 4 nitrogen and oxygen atoms in total. The highest BCUT2D eigenvalue weighted by molar-refractivity contribution is 6.29. The first-order valence-corrected chi connectivity index (χ1v) is 23.5. The lowest BCUT2D eigenvalue weighted by Gasteiger charge is -2.31. The molecule has 0 aliphatic rings. The lowest BCUT2D eigenvalue weighted by molar-refractivity contribution is 0.668. The number of rotatable bonds is 6. The molecule has 0 atom stereocenters. The first-order chi connectivity index (χ1) is 33.3. The maximum atomic E-state index is 6.40. The van der Waals surface area contributed by atoms with Gasteiger partial charge in [0, 0.05) is 54.5 Å². The number of aryl methyl sites for hydroxylation is 4. The van der Waals surface area contributed by atoms with Crippen LogP contribution in [-0.4, -0.2) is 0 Å². The molecule has 0 spiro atoms. The fourth-order valence-corrected chi connectivity index (χ4v) is 11.3. The first-order valence-electron chi connectivity index (χ1n) is 23.5. The summed E-state index contributed by atoms with van der Waals surface area (Å²) < 4.78 is 12.8. The van der Waals surface area contributed by atoms with E-state index in [0.717, 1.165) is 66.6 Å². The van der Waals surface area contributed by atoms with Crippen molar-refractivity contribution in [2.24, 2.45) is 0 Å². The van der Waals surface area contributed by atoms with Crippen molar-refractivity contribution in [3.05, 3.63) is 216 Å². The van der Waals surface area contributed by atoms with Gasteiger partial charge in [0.2, 0.25) is 0 Å². The number of para-hydroxylation sites is 2. The predicted molar refractivity (Wildman–Crippen MR) is 288 cm³/mol. The molecule has 0 unspecified atom stereocenters. The van der Waals surface area contributed by atoms with Gasteiger partial charge in [-0.1, -0.05) is 132 Å². The lowest BCUT2D eigenvalue weighted by atomic mass is 9.91. The minimum absolute atomic E-state index is 0.879. The smallest absolute Gasteiger partial charge is 0.135 e. The van der Waals surface area contributed by atoms with E-state index >= 15 is 0 Å². The van der Waals surface area contributed by atoms with E-state index in [9.17, 15) is 0 Å². The number of furan rings is 2. The summed E-state index contributed by atoms with van der Waals surface area (Å²) in [5.74, 6) is 0. The number of hydrogen-bond donors (Lipinski definition) is 0. The summed E-state index contributed by atoms with van der Waals surface area (Å²) in [4.78, 5) is 5.01. The molecule has 12 aromatic carbocycles. The molecule has 68 heavy (non-hydrogen) atoms. The molecule has 2 heterocycles. The minimum atomic E-state index is 0.879. The van der Waals surface area contributed by atoms with Gasteiger partial charge < -0.3 is 18.6 Å². The SMILES string of the molecule is Cc1ccc2ccc(C)c(N(c3ccc4oc5ccccc5c4c3)c3ccc4ccc5c(N(c6ccc7oc8ccccc8c7c6)c6c(C)ccc7ccc(C)cc67)ccc6ccc3c4c65)c2c1. The van der Waals surface area contributed by atoms with E-state index < -0.39 is 0 Å². The van der Waals surface area contributed by atoms with E-state index in [0.29, 0.717) is 0 Å². The van der Waals surface area contributed by atoms with Crippen LogP contribution in [0.5, 0.6) is 0 Å². The van der Waals surface area contributed by atoms with Crippen molar-refractivity contribution < 1.29 is 8.83 Å². The minimum Gasteiger partial charge on any atom is -0.456 e. The third kappa shape index (κ3) is 5.67. The highest BCUT2D eigenvalue weighted by atomic mass is 16.3. The Labute approximate surface area is 392 Å². The van der Waals surface area contributed by atoms with E-state index in [1.807, 2.05) is 12.1 Å². The Kier molecular flexibility index (Phi) is 8.21. The topological polar surface area (TPSA) is 32.8 Å². The standard InChI is InChI=1S/C64H44N2O2/c1-37-13-17-41-19-15-39(3)63(51(41)33-37)65(45-25-31-59-53(35-45)47-9-5-7-11-57(47)67-59)55-29-23-43-22-28-50-56(30-24-44-21-27-49(55)61(43)62(44)50)66(64-40(4)16-20-42-18-14-38(2)34-52(42)64)46-26-32-60-54(36-46)48-10-6-8-12-58(48)68-60/h5-36H,1-4H3. The third-order valence-electron chi connectivity index (χ3n) is 14.5. The van der Waals surface area contributed by atoms with Gasteiger partial charge in [-0.05, 0) is 144 Å². The molecule has 0 fully saturated rings. The zero-order valence-corrected chi connectivity index (χ0v) is 38.2. The number of benzene rings is 12. The van der Waals surface area contributed by atoms with Gasteiger partial charge in [0.15, 0.2) is 0 Å². The molecule has 14 aromatic rings. The molecule has 322 valence electrons. The van der Waals surface area contributed by atoms with E-state index in [1.54, 1.807) is 0 Å². The summed E-state index contributed by atoms with van der Waals surface area (Å²) in [6, 6.07) is 71.3. The van der Waals surface area contributed by atoms with Gasteiger partial charge in [0.1, 0.15) is 22.3 Å².